The van der Waals surface area contributed by atoms with Gasteiger partial charge in [-0.1, -0.05) is 28.1 Å². The van der Waals surface area contributed by atoms with Crippen LogP contribution < -0.4 is 0 Å². The molecular weight excluding hydrogens is 359 g/mol. The van der Waals surface area contributed by atoms with Gasteiger partial charge in [-0.3, -0.25) is 4.79 Å². The second-order valence-corrected chi connectivity index (χ2v) is 5.45. The summed E-state index contributed by atoms with van der Waals surface area (Å²) in [5, 5.41) is 8.81. The molecule has 0 aliphatic carbocycles. The van der Waals surface area contributed by atoms with Gasteiger partial charge in [0.25, 0.3) is 0 Å². The smallest absolute Gasteiger partial charge is 0.294 e. The predicted molar refractivity (Wildman–Crippen MR) is 78.3 cm³/mol. The van der Waals surface area contributed by atoms with Crippen LogP contribution in [0, 0.1) is 11.3 Å². The fourth-order valence-electron chi connectivity index (χ4n) is 1.92. The van der Waals surface area contributed by atoms with Crippen molar-refractivity contribution < 1.29 is 18.0 Å². The van der Waals surface area contributed by atoms with Gasteiger partial charge >= 0.3 is 6.18 Å². The van der Waals surface area contributed by atoms with Gasteiger partial charge in [0.05, 0.1) is 17.2 Å². The van der Waals surface area contributed by atoms with Gasteiger partial charge in [-0.05, 0) is 35.9 Å². The molecule has 0 saturated carbocycles. The van der Waals surface area contributed by atoms with E-state index < -0.39 is 11.7 Å². The number of halogens is 4. The number of benzene rings is 2. The molecule has 0 radical (unpaired) electrons. The van der Waals surface area contributed by atoms with Gasteiger partial charge in [0.2, 0.25) is 0 Å². The van der Waals surface area contributed by atoms with E-state index in [-0.39, 0.29) is 17.8 Å². The Hall–Kier alpha value is -2.13. The minimum atomic E-state index is -4.46. The summed E-state index contributed by atoms with van der Waals surface area (Å²) in [5.41, 5.74) is 0.0729. The van der Waals surface area contributed by atoms with Crippen LogP contribution in [0.15, 0.2) is 46.9 Å². The highest BCUT2D eigenvalue weighted by Gasteiger charge is 2.31. The Morgan fingerprint density at radius 1 is 1.18 bits per heavy atom. The first-order valence-corrected chi connectivity index (χ1v) is 6.99. The molecule has 112 valence electrons. The Bertz CT molecular complexity index is 763. The fourth-order valence-corrected chi connectivity index (χ4v) is 2.31. The van der Waals surface area contributed by atoms with Crippen LogP contribution in [0.2, 0.25) is 0 Å². The number of alkyl halides is 3. The first-order valence-electron chi connectivity index (χ1n) is 6.20. The minimum Gasteiger partial charge on any atom is -0.294 e. The number of ketones is 1. The zero-order chi connectivity index (χ0) is 16.3. The van der Waals surface area contributed by atoms with Crippen LogP contribution in [-0.4, -0.2) is 5.78 Å². The third-order valence-electron chi connectivity index (χ3n) is 3.04. The Kier molecular flexibility index (Phi) is 4.67. The summed E-state index contributed by atoms with van der Waals surface area (Å²) in [6.45, 7) is 0. The zero-order valence-corrected chi connectivity index (χ0v) is 12.7. The van der Waals surface area contributed by atoms with Crippen molar-refractivity contribution in [2.24, 2.45) is 0 Å². The number of hydrogen-bond donors (Lipinski definition) is 0. The van der Waals surface area contributed by atoms with Crippen molar-refractivity contribution >= 4 is 21.7 Å². The Labute approximate surface area is 133 Å². The number of carbonyl (C=O) groups is 1. The second kappa shape index (κ2) is 6.32. The average molecular weight is 368 g/mol. The van der Waals surface area contributed by atoms with E-state index in [0.717, 1.165) is 12.1 Å². The maximum absolute atomic E-state index is 12.7. The number of Topliss-reactive ketones (excluding diaryl/α,β-unsaturated/α-hetero) is 1. The molecule has 2 rings (SSSR count). The van der Waals surface area contributed by atoms with E-state index >= 15 is 0 Å². The largest absolute Gasteiger partial charge is 0.416 e. The SMILES string of the molecule is N#Cc1cccc(C(=O)Cc2cc(C(F)(F)F)ccc2Br)c1. The van der Waals surface area contributed by atoms with Crippen LogP contribution in [-0.2, 0) is 12.6 Å². The maximum Gasteiger partial charge on any atom is 0.416 e. The van der Waals surface area contributed by atoms with Crippen molar-refractivity contribution in [3.8, 4) is 6.07 Å². The number of nitriles is 1. The van der Waals surface area contributed by atoms with Crippen LogP contribution in [0.5, 0.6) is 0 Å². The Morgan fingerprint density at radius 3 is 2.55 bits per heavy atom. The molecule has 2 aromatic rings. The molecule has 0 aliphatic heterocycles. The average Bonchev–Trinajstić information content (AvgIpc) is 2.48. The summed E-state index contributed by atoms with van der Waals surface area (Å²) < 4.78 is 38.6. The first kappa shape index (κ1) is 16.2. The van der Waals surface area contributed by atoms with Gasteiger partial charge in [0, 0.05) is 16.5 Å². The summed E-state index contributed by atoms with van der Waals surface area (Å²) in [7, 11) is 0. The molecule has 0 bridgehead atoms. The van der Waals surface area contributed by atoms with Crippen molar-refractivity contribution in [3.63, 3.8) is 0 Å². The molecule has 0 amide bonds. The predicted octanol–water partition coefficient (Wildman–Crippen LogP) is 4.76. The summed E-state index contributed by atoms with van der Waals surface area (Å²) in [4.78, 5) is 12.2. The van der Waals surface area contributed by atoms with Crippen molar-refractivity contribution in [1.82, 2.24) is 0 Å². The molecular formula is C16H9BrF3NO. The highest BCUT2D eigenvalue weighted by molar-refractivity contribution is 9.10. The van der Waals surface area contributed by atoms with E-state index in [2.05, 4.69) is 15.9 Å². The molecule has 2 nitrogen and oxygen atoms in total. The minimum absolute atomic E-state index is 0.181. The molecule has 22 heavy (non-hydrogen) atoms. The van der Waals surface area contributed by atoms with Crippen LogP contribution in [0.25, 0.3) is 0 Å². The molecule has 6 heteroatoms. The fraction of sp³-hybridized carbons (Fsp3) is 0.125. The molecule has 0 saturated heterocycles. The highest BCUT2D eigenvalue weighted by atomic mass is 79.9. The molecule has 0 spiro atoms. The Morgan fingerprint density at radius 2 is 1.91 bits per heavy atom. The van der Waals surface area contributed by atoms with Crippen molar-refractivity contribution in [3.05, 3.63) is 69.2 Å². The molecule has 0 aromatic heterocycles. The van der Waals surface area contributed by atoms with E-state index in [1.165, 1.54) is 18.2 Å². The third kappa shape index (κ3) is 3.74. The van der Waals surface area contributed by atoms with Crippen LogP contribution in [0.3, 0.4) is 0 Å². The quantitative estimate of drug-likeness (QED) is 0.733. The normalized spacial score (nSPS) is 11.0. The second-order valence-electron chi connectivity index (χ2n) is 4.60. The topological polar surface area (TPSA) is 40.9 Å². The van der Waals surface area contributed by atoms with E-state index in [0.29, 0.717) is 15.6 Å². The Balaban J connectivity index is 2.30. The van der Waals surface area contributed by atoms with E-state index in [9.17, 15) is 18.0 Å². The van der Waals surface area contributed by atoms with E-state index in [1.54, 1.807) is 12.1 Å². The van der Waals surface area contributed by atoms with Gasteiger partial charge in [-0.2, -0.15) is 18.4 Å². The van der Waals surface area contributed by atoms with Crippen LogP contribution in [0.1, 0.15) is 27.0 Å². The lowest BCUT2D eigenvalue weighted by Crippen LogP contribution is -2.08. The van der Waals surface area contributed by atoms with Crippen LogP contribution in [0.4, 0.5) is 13.2 Å². The van der Waals surface area contributed by atoms with Crippen molar-refractivity contribution in [2.75, 3.05) is 0 Å². The van der Waals surface area contributed by atoms with Gasteiger partial charge in [-0.25, -0.2) is 0 Å². The van der Waals surface area contributed by atoms with E-state index in [1.807, 2.05) is 6.07 Å². The summed E-state index contributed by atoms with van der Waals surface area (Å²) >= 11 is 3.15. The lowest BCUT2D eigenvalue weighted by Gasteiger charge is -2.10. The molecule has 0 aliphatic rings. The molecule has 0 heterocycles. The standard InChI is InChI=1S/C16H9BrF3NO/c17-14-5-4-13(16(18,19)20)7-12(14)8-15(22)11-3-1-2-10(6-11)9-21/h1-7H,8H2. The maximum atomic E-state index is 12.7. The third-order valence-corrected chi connectivity index (χ3v) is 3.81. The van der Waals surface area contributed by atoms with Gasteiger partial charge in [-0.15, -0.1) is 0 Å². The molecule has 0 unspecified atom stereocenters. The summed E-state index contributed by atoms with van der Waals surface area (Å²) in [5.74, 6) is -0.350. The first-order chi connectivity index (χ1) is 10.3. The van der Waals surface area contributed by atoms with Crippen molar-refractivity contribution in [1.29, 1.82) is 5.26 Å². The van der Waals surface area contributed by atoms with Crippen molar-refractivity contribution in [2.45, 2.75) is 12.6 Å². The number of nitrogens with zero attached hydrogens (tertiary/aromatic N) is 1. The lowest BCUT2D eigenvalue weighted by atomic mass is 10.00. The molecule has 0 fully saturated rings. The van der Waals surface area contributed by atoms with Gasteiger partial charge < -0.3 is 0 Å². The lowest BCUT2D eigenvalue weighted by molar-refractivity contribution is -0.137. The van der Waals surface area contributed by atoms with Gasteiger partial charge in [0.1, 0.15) is 0 Å². The number of carbonyl (C=O) groups excluding carboxylic acids is 1. The number of hydrogen-bond acceptors (Lipinski definition) is 2. The zero-order valence-electron chi connectivity index (χ0n) is 11.1. The van der Waals surface area contributed by atoms with Crippen LogP contribution >= 0.6 is 15.9 Å². The molecule has 0 N–H and O–H groups in total. The highest BCUT2D eigenvalue weighted by Crippen LogP contribution is 2.32. The summed E-state index contributed by atoms with van der Waals surface area (Å²) in [6, 6.07) is 11.2. The molecule has 0 atom stereocenters. The summed E-state index contributed by atoms with van der Waals surface area (Å²) in [6.07, 6.45) is -4.64. The van der Waals surface area contributed by atoms with Gasteiger partial charge in [0.15, 0.2) is 5.78 Å². The van der Waals surface area contributed by atoms with E-state index in [4.69, 9.17) is 5.26 Å². The molecule has 2 aromatic carbocycles. The number of rotatable bonds is 3. The monoisotopic (exact) mass is 367 g/mol.